The quantitative estimate of drug-likeness (QED) is 0.866. The van der Waals surface area contributed by atoms with E-state index in [1.54, 1.807) is 0 Å². The lowest BCUT2D eigenvalue weighted by molar-refractivity contribution is 0.619. The van der Waals surface area contributed by atoms with Crippen molar-refractivity contribution >= 4 is 22.4 Å². The Morgan fingerprint density at radius 2 is 2.09 bits per heavy atom. The molecule has 0 fully saturated rings. The molecule has 4 nitrogen and oxygen atoms in total. The van der Waals surface area contributed by atoms with Crippen molar-refractivity contribution in [1.82, 2.24) is 9.36 Å². The number of benzene rings is 1. The minimum atomic E-state index is 0.414. The van der Waals surface area contributed by atoms with E-state index in [1.165, 1.54) is 22.8 Å². The van der Waals surface area contributed by atoms with Crippen molar-refractivity contribution in [2.75, 3.05) is 23.4 Å². The van der Waals surface area contributed by atoms with Crippen LogP contribution in [-0.2, 0) is 13.0 Å². The van der Waals surface area contributed by atoms with Crippen molar-refractivity contribution in [1.29, 1.82) is 0 Å². The van der Waals surface area contributed by atoms with Crippen LogP contribution in [0.1, 0.15) is 32.2 Å². The lowest BCUT2D eigenvalue weighted by Crippen LogP contribution is -2.38. The van der Waals surface area contributed by atoms with E-state index in [0.717, 1.165) is 30.5 Å². The standard InChI is InChI=1S/C17H24N4S/c1-12(2)9-16-18-17(22-19-16)21-11-14-7-5-6-8-15(14)20(4)10-13(21)3/h5-8,12-13H,9-11H2,1-4H3. The third-order valence-corrected chi connectivity index (χ3v) is 4.90. The molecule has 2 heterocycles. The average Bonchev–Trinajstić information content (AvgIpc) is 2.87. The maximum Gasteiger partial charge on any atom is 0.205 e. The highest BCUT2D eigenvalue weighted by molar-refractivity contribution is 7.09. The van der Waals surface area contributed by atoms with Crippen molar-refractivity contribution in [3.63, 3.8) is 0 Å². The summed E-state index contributed by atoms with van der Waals surface area (Å²) in [7, 11) is 2.17. The highest BCUT2D eigenvalue weighted by Gasteiger charge is 2.25. The lowest BCUT2D eigenvalue weighted by atomic mass is 10.1. The zero-order valence-corrected chi connectivity index (χ0v) is 14.6. The van der Waals surface area contributed by atoms with Crippen LogP contribution in [0.5, 0.6) is 0 Å². The van der Waals surface area contributed by atoms with E-state index in [0.29, 0.717) is 12.0 Å². The summed E-state index contributed by atoms with van der Waals surface area (Å²) in [5, 5.41) is 1.05. The van der Waals surface area contributed by atoms with E-state index in [1.807, 2.05) is 0 Å². The van der Waals surface area contributed by atoms with Crippen LogP contribution in [0.15, 0.2) is 24.3 Å². The van der Waals surface area contributed by atoms with Crippen LogP contribution in [0.3, 0.4) is 0 Å². The molecule has 1 aromatic carbocycles. The number of para-hydroxylation sites is 1. The van der Waals surface area contributed by atoms with Crippen LogP contribution >= 0.6 is 11.5 Å². The molecular weight excluding hydrogens is 292 g/mol. The summed E-state index contributed by atoms with van der Waals surface area (Å²) in [6.45, 7) is 8.58. The smallest absolute Gasteiger partial charge is 0.205 e. The Balaban J connectivity index is 1.88. The third-order valence-electron chi connectivity index (χ3n) is 4.11. The number of nitrogens with zero attached hydrogens (tertiary/aromatic N) is 4. The van der Waals surface area contributed by atoms with Gasteiger partial charge in [0, 0.05) is 49.8 Å². The van der Waals surface area contributed by atoms with E-state index < -0.39 is 0 Å². The molecule has 1 aliphatic heterocycles. The van der Waals surface area contributed by atoms with Crippen LogP contribution in [0.2, 0.25) is 0 Å². The van der Waals surface area contributed by atoms with Gasteiger partial charge < -0.3 is 9.80 Å². The van der Waals surface area contributed by atoms with Gasteiger partial charge >= 0.3 is 0 Å². The molecular formula is C17H24N4S. The molecule has 1 aliphatic rings. The number of hydrogen-bond acceptors (Lipinski definition) is 5. The summed E-state index contributed by atoms with van der Waals surface area (Å²) < 4.78 is 4.55. The van der Waals surface area contributed by atoms with Crippen LogP contribution < -0.4 is 9.80 Å². The zero-order chi connectivity index (χ0) is 15.7. The molecule has 22 heavy (non-hydrogen) atoms. The monoisotopic (exact) mass is 316 g/mol. The molecule has 0 spiro atoms. The molecule has 118 valence electrons. The van der Waals surface area contributed by atoms with Gasteiger partial charge in [-0.1, -0.05) is 32.0 Å². The number of anilines is 2. The molecule has 1 aromatic heterocycles. The summed E-state index contributed by atoms with van der Waals surface area (Å²) in [5.74, 6) is 1.57. The Morgan fingerprint density at radius 3 is 2.86 bits per heavy atom. The second kappa shape index (κ2) is 6.24. The highest BCUT2D eigenvalue weighted by Crippen LogP contribution is 2.30. The fraction of sp³-hybridized carbons (Fsp3) is 0.529. The Bertz CT molecular complexity index is 637. The molecule has 0 bridgehead atoms. The summed E-state index contributed by atoms with van der Waals surface area (Å²) in [6, 6.07) is 9.06. The Morgan fingerprint density at radius 1 is 1.32 bits per heavy atom. The molecule has 0 N–H and O–H groups in total. The second-order valence-corrected chi connectivity index (χ2v) is 7.31. The Hall–Kier alpha value is -1.62. The predicted octanol–water partition coefficient (Wildman–Crippen LogP) is 3.58. The number of rotatable bonds is 3. The summed E-state index contributed by atoms with van der Waals surface area (Å²) in [4.78, 5) is 9.51. The number of aromatic nitrogens is 2. The van der Waals surface area contributed by atoms with E-state index in [-0.39, 0.29) is 0 Å². The molecule has 0 aliphatic carbocycles. The van der Waals surface area contributed by atoms with E-state index in [2.05, 4.69) is 66.3 Å². The van der Waals surface area contributed by atoms with Gasteiger partial charge in [0.05, 0.1) is 0 Å². The number of hydrogen-bond donors (Lipinski definition) is 0. The SMILES string of the molecule is CC(C)Cc1nsc(N2Cc3ccccc3N(C)CC2C)n1. The van der Waals surface area contributed by atoms with Crippen molar-refractivity contribution in [2.24, 2.45) is 5.92 Å². The van der Waals surface area contributed by atoms with Gasteiger partial charge in [-0.25, -0.2) is 4.98 Å². The predicted molar refractivity (Wildman–Crippen MR) is 93.8 cm³/mol. The average molecular weight is 316 g/mol. The van der Waals surface area contributed by atoms with Crippen LogP contribution in [0, 0.1) is 5.92 Å². The summed E-state index contributed by atoms with van der Waals surface area (Å²) in [5.41, 5.74) is 2.68. The topological polar surface area (TPSA) is 32.3 Å². The van der Waals surface area contributed by atoms with Crippen molar-refractivity contribution in [2.45, 2.75) is 39.8 Å². The molecule has 0 saturated carbocycles. The minimum absolute atomic E-state index is 0.414. The van der Waals surface area contributed by atoms with Crippen LogP contribution in [0.4, 0.5) is 10.8 Å². The molecule has 0 saturated heterocycles. The number of fused-ring (bicyclic) bond motifs is 1. The van der Waals surface area contributed by atoms with E-state index in [4.69, 9.17) is 4.98 Å². The second-order valence-electron chi connectivity index (χ2n) is 6.58. The first kappa shape index (κ1) is 15.3. The summed E-state index contributed by atoms with van der Waals surface area (Å²) in [6.07, 6.45) is 0.954. The molecule has 1 unspecified atom stereocenters. The van der Waals surface area contributed by atoms with Gasteiger partial charge in [-0.05, 0) is 24.5 Å². The molecule has 2 aromatic rings. The van der Waals surface area contributed by atoms with Crippen molar-refractivity contribution in [3.8, 4) is 0 Å². The Kier molecular flexibility index (Phi) is 4.34. The zero-order valence-electron chi connectivity index (χ0n) is 13.8. The van der Waals surface area contributed by atoms with Gasteiger partial charge in [0.1, 0.15) is 5.82 Å². The molecule has 0 radical (unpaired) electrons. The first-order valence-electron chi connectivity index (χ1n) is 7.93. The first-order chi connectivity index (χ1) is 10.5. The molecule has 1 atom stereocenters. The van der Waals surface area contributed by atoms with Crippen LogP contribution in [0.25, 0.3) is 0 Å². The van der Waals surface area contributed by atoms with Gasteiger partial charge in [0.25, 0.3) is 0 Å². The van der Waals surface area contributed by atoms with E-state index >= 15 is 0 Å². The molecule has 5 heteroatoms. The minimum Gasteiger partial charge on any atom is -0.372 e. The van der Waals surface area contributed by atoms with Crippen molar-refractivity contribution < 1.29 is 0 Å². The van der Waals surface area contributed by atoms with Gasteiger partial charge in [0.15, 0.2) is 0 Å². The normalized spacial score (nSPS) is 18.5. The summed E-state index contributed by atoms with van der Waals surface area (Å²) >= 11 is 1.53. The van der Waals surface area contributed by atoms with Crippen molar-refractivity contribution in [3.05, 3.63) is 35.7 Å². The maximum atomic E-state index is 4.78. The van der Waals surface area contributed by atoms with E-state index in [9.17, 15) is 0 Å². The highest BCUT2D eigenvalue weighted by atomic mass is 32.1. The number of likely N-dealkylation sites (N-methyl/N-ethyl adjacent to an activating group) is 1. The largest absolute Gasteiger partial charge is 0.372 e. The van der Waals surface area contributed by atoms with Gasteiger partial charge in [-0.15, -0.1) is 0 Å². The Labute approximate surface area is 137 Å². The molecule has 3 rings (SSSR count). The fourth-order valence-electron chi connectivity index (χ4n) is 3.02. The van der Waals surface area contributed by atoms with Gasteiger partial charge in [0.2, 0.25) is 5.13 Å². The first-order valence-corrected chi connectivity index (χ1v) is 8.70. The fourth-order valence-corrected chi connectivity index (χ4v) is 3.81. The van der Waals surface area contributed by atoms with Gasteiger partial charge in [-0.2, -0.15) is 4.37 Å². The van der Waals surface area contributed by atoms with Gasteiger partial charge in [-0.3, -0.25) is 0 Å². The van der Waals surface area contributed by atoms with Crippen LogP contribution in [-0.4, -0.2) is 29.0 Å². The lowest BCUT2D eigenvalue weighted by Gasteiger charge is -2.27. The maximum absolute atomic E-state index is 4.78. The third kappa shape index (κ3) is 3.09. The molecule has 0 amide bonds.